The molecule has 2 rings (SSSR count). The monoisotopic (exact) mass is 292 g/mol. The molecule has 20 heavy (non-hydrogen) atoms. The van der Waals surface area contributed by atoms with E-state index in [4.69, 9.17) is 4.74 Å². The summed E-state index contributed by atoms with van der Waals surface area (Å²) in [6.45, 7) is 5.11. The van der Waals surface area contributed by atoms with Gasteiger partial charge in [-0.1, -0.05) is 6.92 Å². The van der Waals surface area contributed by atoms with Gasteiger partial charge < -0.3 is 10.1 Å². The third-order valence-corrected chi connectivity index (χ3v) is 3.90. The molecule has 1 N–H and O–H groups in total. The van der Waals surface area contributed by atoms with Crippen LogP contribution in [0.5, 0.6) is 5.88 Å². The van der Waals surface area contributed by atoms with Crippen molar-refractivity contribution < 1.29 is 4.74 Å². The molecule has 1 atom stereocenters. The Morgan fingerprint density at radius 2 is 2.25 bits per heavy atom. The molecule has 5 nitrogen and oxygen atoms in total. The number of aryl methyl sites for hydroxylation is 1. The number of thiazole rings is 1. The van der Waals surface area contributed by atoms with Gasteiger partial charge in [-0.05, 0) is 19.9 Å². The second-order valence-corrected chi connectivity index (χ2v) is 5.52. The van der Waals surface area contributed by atoms with Crippen LogP contribution in [0.25, 0.3) is 0 Å². The highest BCUT2D eigenvalue weighted by atomic mass is 32.1. The first-order valence-corrected chi connectivity index (χ1v) is 7.61. The lowest BCUT2D eigenvalue weighted by Gasteiger charge is -2.17. The molecule has 2 heterocycles. The van der Waals surface area contributed by atoms with Crippen LogP contribution in [0, 0.1) is 6.92 Å². The molecule has 0 saturated carbocycles. The third-order valence-electron chi connectivity index (χ3n) is 2.92. The Hall–Kier alpha value is -1.53. The van der Waals surface area contributed by atoms with Crippen LogP contribution in [0.3, 0.4) is 0 Å². The van der Waals surface area contributed by atoms with Crippen LogP contribution < -0.4 is 10.1 Å². The van der Waals surface area contributed by atoms with Crippen molar-refractivity contribution in [2.75, 3.05) is 13.7 Å². The van der Waals surface area contributed by atoms with Crippen LogP contribution >= 0.6 is 11.3 Å². The summed E-state index contributed by atoms with van der Waals surface area (Å²) in [7, 11) is 1.62. The molecule has 0 spiro atoms. The maximum absolute atomic E-state index is 5.17. The van der Waals surface area contributed by atoms with Crippen LogP contribution in [0.4, 0.5) is 0 Å². The van der Waals surface area contributed by atoms with Gasteiger partial charge in [0.1, 0.15) is 6.33 Å². The summed E-state index contributed by atoms with van der Waals surface area (Å²) in [5, 5.41) is 6.71. The minimum atomic E-state index is 0.136. The van der Waals surface area contributed by atoms with E-state index in [1.54, 1.807) is 24.8 Å². The number of ether oxygens (including phenoxy) is 1. The minimum absolute atomic E-state index is 0.136. The fourth-order valence-electron chi connectivity index (χ4n) is 1.93. The Morgan fingerprint density at radius 1 is 1.40 bits per heavy atom. The molecular formula is C14H20N4OS. The van der Waals surface area contributed by atoms with Crippen LogP contribution in [-0.2, 0) is 6.42 Å². The summed E-state index contributed by atoms with van der Waals surface area (Å²) in [5.74, 6) is 0.591. The third kappa shape index (κ3) is 3.98. The zero-order valence-corrected chi connectivity index (χ0v) is 12.9. The van der Waals surface area contributed by atoms with Gasteiger partial charge in [0.25, 0.3) is 0 Å². The van der Waals surface area contributed by atoms with E-state index in [9.17, 15) is 0 Å². The Morgan fingerprint density at radius 3 is 2.90 bits per heavy atom. The fourth-order valence-corrected chi connectivity index (χ4v) is 2.75. The lowest BCUT2D eigenvalue weighted by Crippen LogP contribution is -2.25. The molecule has 0 bridgehead atoms. The summed E-state index contributed by atoms with van der Waals surface area (Å²) in [6, 6.07) is 2.02. The standard InChI is InChI=1S/C14H20N4OS/c1-4-5-15-12(7-14-18-10(2)8-20-14)11-6-13(19-3)17-9-16-11/h6,8-9,12,15H,4-5,7H2,1-3H3. The quantitative estimate of drug-likeness (QED) is 0.849. The Bertz CT molecular complexity index is 543. The molecule has 0 aliphatic heterocycles. The molecule has 108 valence electrons. The molecule has 2 aromatic rings. The number of rotatable bonds is 7. The van der Waals surface area contributed by atoms with Gasteiger partial charge in [0.15, 0.2) is 0 Å². The highest BCUT2D eigenvalue weighted by molar-refractivity contribution is 7.09. The second-order valence-electron chi connectivity index (χ2n) is 4.58. The number of nitrogens with one attached hydrogen (secondary N) is 1. The van der Waals surface area contributed by atoms with Crippen molar-refractivity contribution in [3.63, 3.8) is 0 Å². The van der Waals surface area contributed by atoms with Gasteiger partial charge in [-0.2, -0.15) is 0 Å². The number of aromatic nitrogens is 3. The second kappa shape index (κ2) is 7.31. The van der Waals surface area contributed by atoms with Crippen LogP contribution in [0.2, 0.25) is 0 Å². The van der Waals surface area contributed by atoms with Crippen molar-refractivity contribution >= 4 is 11.3 Å². The van der Waals surface area contributed by atoms with Gasteiger partial charge in [-0.15, -0.1) is 11.3 Å². The van der Waals surface area contributed by atoms with E-state index in [0.717, 1.165) is 35.8 Å². The summed E-state index contributed by atoms with van der Waals surface area (Å²) < 4.78 is 5.17. The maximum atomic E-state index is 5.17. The topological polar surface area (TPSA) is 59.9 Å². The number of hydrogen-bond donors (Lipinski definition) is 1. The van der Waals surface area contributed by atoms with Gasteiger partial charge in [0.2, 0.25) is 5.88 Å². The molecule has 0 aromatic carbocycles. The van der Waals surface area contributed by atoms with E-state index in [2.05, 4.69) is 32.6 Å². The van der Waals surface area contributed by atoms with Crippen molar-refractivity contribution in [3.8, 4) is 5.88 Å². The van der Waals surface area contributed by atoms with E-state index in [1.165, 1.54) is 0 Å². The van der Waals surface area contributed by atoms with Gasteiger partial charge in [0.05, 0.1) is 23.9 Å². The summed E-state index contributed by atoms with van der Waals surface area (Å²) in [5.41, 5.74) is 2.01. The molecule has 0 fully saturated rings. The highest BCUT2D eigenvalue weighted by Crippen LogP contribution is 2.21. The molecule has 2 aromatic heterocycles. The smallest absolute Gasteiger partial charge is 0.216 e. The Kier molecular flexibility index (Phi) is 5.43. The number of nitrogens with zero attached hydrogens (tertiary/aromatic N) is 3. The minimum Gasteiger partial charge on any atom is -0.481 e. The van der Waals surface area contributed by atoms with Gasteiger partial charge in [-0.25, -0.2) is 15.0 Å². The van der Waals surface area contributed by atoms with E-state index in [0.29, 0.717) is 5.88 Å². The van der Waals surface area contributed by atoms with Crippen molar-refractivity contribution in [1.82, 2.24) is 20.3 Å². The first kappa shape index (κ1) is 14.9. The van der Waals surface area contributed by atoms with Crippen molar-refractivity contribution in [3.05, 3.63) is 34.2 Å². The highest BCUT2D eigenvalue weighted by Gasteiger charge is 2.16. The fraction of sp³-hybridized carbons (Fsp3) is 0.500. The molecule has 1 unspecified atom stereocenters. The van der Waals surface area contributed by atoms with Crippen LogP contribution in [0.1, 0.15) is 35.8 Å². The van der Waals surface area contributed by atoms with E-state index < -0.39 is 0 Å². The van der Waals surface area contributed by atoms with E-state index in [1.807, 2.05) is 13.0 Å². The summed E-state index contributed by atoms with van der Waals surface area (Å²) >= 11 is 1.69. The first-order valence-electron chi connectivity index (χ1n) is 6.73. The average Bonchev–Trinajstić information content (AvgIpc) is 2.88. The molecule has 0 radical (unpaired) electrons. The molecule has 0 amide bonds. The Labute approximate surface area is 123 Å². The number of hydrogen-bond acceptors (Lipinski definition) is 6. The predicted octanol–water partition coefficient (Wildman–Crippen LogP) is 2.53. The molecular weight excluding hydrogens is 272 g/mol. The van der Waals surface area contributed by atoms with Crippen molar-refractivity contribution in [2.45, 2.75) is 32.7 Å². The maximum Gasteiger partial charge on any atom is 0.216 e. The van der Waals surface area contributed by atoms with E-state index >= 15 is 0 Å². The first-order chi connectivity index (χ1) is 9.72. The normalized spacial score (nSPS) is 12.3. The lowest BCUT2D eigenvalue weighted by atomic mass is 10.1. The SMILES string of the molecule is CCCNC(Cc1nc(C)cs1)c1cc(OC)ncn1. The van der Waals surface area contributed by atoms with E-state index in [-0.39, 0.29) is 6.04 Å². The van der Waals surface area contributed by atoms with Crippen molar-refractivity contribution in [1.29, 1.82) is 0 Å². The van der Waals surface area contributed by atoms with Crippen molar-refractivity contribution in [2.24, 2.45) is 0 Å². The molecule has 0 aliphatic rings. The van der Waals surface area contributed by atoms with Gasteiger partial charge >= 0.3 is 0 Å². The summed E-state index contributed by atoms with van der Waals surface area (Å²) in [6.07, 6.45) is 3.45. The van der Waals surface area contributed by atoms with Crippen LogP contribution in [0.15, 0.2) is 17.8 Å². The van der Waals surface area contributed by atoms with Crippen LogP contribution in [-0.4, -0.2) is 28.6 Å². The van der Waals surface area contributed by atoms with Gasteiger partial charge in [-0.3, -0.25) is 0 Å². The molecule has 0 saturated heterocycles. The Balaban J connectivity index is 2.17. The van der Waals surface area contributed by atoms with Gasteiger partial charge in [0, 0.05) is 23.6 Å². The number of methoxy groups -OCH3 is 1. The zero-order valence-electron chi connectivity index (χ0n) is 12.1. The molecule has 0 aliphatic carbocycles. The summed E-state index contributed by atoms with van der Waals surface area (Å²) in [4.78, 5) is 13.0. The predicted molar refractivity (Wildman–Crippen MR) is 80.2 cm³/mol. The zero-order chi connectivity index (χ0) is 14.4. The molecule has 6 heteroatoms. The average molecular weight is 292 g/mol. The largest absolute Gasteiger partial charge is 0.481 e. The lowest BCUT2D eigenvalue weighted by molar-refractivity contribution is 0.393.